The van der Waals surface area contributed by atoms with E-state index in [2.05, 4.69) is 0 Å². The number of aryl methyl sites for hydroxylation is 1. The molecule has 0 unspecified atom stereocenters. The molecule has 0 aliphatic heterocycles. The standard InChI is InChI=1S/C9H11ClO4S2/c1-5(2)14-9(11)7-4-8(6(3)15-7)16(10,12)13/h4-5H,1-3H3. The van der Waals surface area contributed by atoms with Crippen LogP contribution >= 0.6 is 22.0 Å². The Morgan fingerprint density at radius 2 is 2.06 bits per heavy atom. The molecule has 0 aliphatic rings. The second kappa shape index (κ2) is 4.73. The highest BCUT2D eigenvalue weighted by Crippen LogP contribution is 2.28. The molecular formula is C9H11ClO4S2. The summed E-state index contributed by atoms with van der Waals surface area (Å²) in [4.78, 5) is 12.2. The van der Waals surface area contributed by atoms with Crippen LogP contribution in [0.15, 0.2) is 11.0 Å². The third-order valence-electron chi connectivity index (χ3n) is 1.68. The first-order chi connectivity index (χ1) is 7.21. The quantitative estimate of drug-likeness (QED) is 0.631. The van der Waals surface area contributed by atoms with Gasteiger partial charge in [-0.1, -0.05) is 0 Å². The Kier molecular flexibility index (Phi) is 3.98. The lowest BCUT2D eigenvalue weighted by molar-refractivity contribution is 0.0383. The van der Waals surface area contributed by atoms with Crippen LogP contribution in [0.5, 0.6) is 0 Å². The first-order valence-electron chi connectivity index (χ1n) is 4.48. The molecule has 4 nitrogen and oxygen atoms in total. The molecule has 0 fully saturated rings. The Bertz CT molecular complexity index is 502. The van der Waals surface area contributed by atoms with Crippen LogP contribution in [0.4, 0.5) is 0 Å². The highest BCUT2D eigenvalue weighted by Gasteiger charge is 2.21. The van der Waals surface area contributed by atoms with Crippen LogP contribution in [-0.2, 0) is 13.8 Å². The number of hydrogen-bond acceptors (Lipinski definition) is 5. The summed E-state index contributed by atoms with van der Waals surface area (Å²) in [5, 5.41) is 0. The Morgan fingerprint density at radius 1 is 1.50 bits per heavy atom. The van der Waals surface area contributed by atoms with Gasteiger partial charge in [-0.05, 0) is 26.8 Å². The first kappa shape index (κ1) is 13.5. The third kappa shape index (κ3) is 3.20. The second-order valence-corrected chi connectivity index (χ2v) is 7.21. The zero-order chi connectivity index (χ0) is 12.5. The molecule has 0 amide bonds. The van der Waals surface area contributed by atoms with Gasteiger partial charge in [-0.15, -0.1) is 11.3 Å². The van der Waals surface area contributed by atoms with Crippen molar-refractivity contribution in [1.29, 1.82) is 0 Å². The van der Waals surface area contributed by atoms with Crippen molar-refractivity contribution < 1.29 is 17.9 Å². The monoisotopic (exact) mass is 282 g/mol. The van der Waals surface area contributed by atoms with E-state index in [4.69, 9.17) is 15.4 Å². The molecule has 0 radical (unpaired) electrons. The first-order valence-corrected chi connectivity index (χ1v) is 7.60. The zero-order valence-electron chi connectivity index (χ0n) is 8.98. The average molecular weight is 283 g/mol. The molecule has 0 aromatic carbocycles. The molecule has 1 heterocycles. The number of esters is 1. The molecule has 1 aromatic heterocycles. The van der Waals surface area contributed by atoms with Crippen molar-refractivity contribution >= 4 is 37.0 Å². The summed E-state index contributed by atoms with van der Waals surface area (Å²) in [6, 6.07) is 1.24. The Morgan fingerprint density at radius 3 is 2.44 bits per heavy atom. The van der Waals surface area contributed by atoms with Gasteiger partial charge < -0.3 is 4.74 Å². The maximum atomic E-state index is 11.5. The van der Waals surface area contributed by atoms with E-state index in [9.17, 15) is 13.2 Å². The molecular weight excluding hydrogens is 272 g/mol. The van der Waals surface area contributed by atoms with Crippen molar-refractivity contribution in [3.63, 3.8) is 0 Å². The molecule has 0 spiro atoms. The van der Waals surface area contributed by atoms with E-state index < -0.39 is 15.0 Å². The Hall–Kier alpha value is -0.590. The van der Waals surface area contributed by atoms with Crippen molar-refractivity contribution in [1.82, 2.24) is 0 Å². The van der Waals surface area contributed by atoms with Crippen LogP contribution in [0.25, 0.3) is 0 Å². The van der Waals surface area contributed by atoms with Crippen LogP contribution < -0.4 is 0 Å². The lowest BCUT2D eigenvalue weighted by Gasteiger charge is -2.05. The summed E-state index contributed by atoms with van der Waals surface area (Å²) in [5.41, 5.74) is 0. The summed E-state index contributed by atoms with van der Waals surface area (Å²) in [6.45, 7) is 5.03. The number of hydrogen-bond donors (Lipinski definition) is 0. The zero-order valence-corrected chi connectivity index (χ0v) is 11.4. The molecule has 7 heteroatoms. The lowest BCUT2D eigenvalue weighted by atomic mass is 10.4. The SMILES string of the molecule is Cc1sc(C(=O)OC(C)C)cc1S(=O)(=O)Cl. The van der Waals surface area contributed by atoms with E-state index in [1.165, 1.54) is 6.07 Å². The molecule has 0 N–H and O–H groups in total. The smallest absolute Gasteiger partial charge is 0.348 e. The van der Waals surface area contributed by atoms with Gasteiger partial charge in [0.25, 0.3) is 9.05 Å². The molecule has 16 heavy (non-hydrogen) atoms. The molecule has 0 saturated heterocycles. The van der Waals surface area contributed by atoms with E-state index in [0.29, 0.717) is 4.88 Å². The number of ether oxygens (including phenoxy) is 1. The topological polar surface area (TPSA) is 60.4 Å². The van der Waals surface area contributed by atoms with Crippen LogP contribution in [0.1, 0.15) is 28.4 Å². The van der Waals surface area contributed by atoms with E-state index in [1.807, 2.05) is 0 Å². The number of thiophene rings is 1. The summed E-state index contributed by atoms with van der Waals surface area (Å²) in [7, 11) is 1.41. The van der Waals surface area contributed by atoms with E-state index in [-0.39, 0.29) is 15.9 Å². The van der Waals surface area contributed by atoms with Gasteiger partial charge in [0.15, 0.2) is 0 Å². The van der Waals surface area contributed by atoms with Gasteiger partial charge in [0.1, 0.15) is 4.88 Å². The molecule has 0 bridgehead atoms. The second-order valence-electron chi connectivity index (χ2n) is 3.42. The van der Waals surface area contributed by atoms with Crippen molar-refractivity contribution in [2.45, 2.75) is 31.8 Å². The van der Waals surface area contributed by atoms with Gasteiger partial charge in [-0.2, -0.15) is 0 Å². The van der Waals surface area contributed by atoms with E-state index in [1.54, 1.807) is 20.8 Å². The maximum Gasteiger partial charge on any atom is 0.348 e. The van der Waals surface area contributed by atoms with Crippen LogP contribution in [0, 0.1) is 6.92 Å². The highest BCUT2D eigenvalue weighted by molar-refractivity contribution is 8.13. The van der Waals surface area contributed by atoms with Gasteiger partial charge in [0.2, 0.25) is 0 Å². The van der Waals surface area contributed by atoms with Crippen LogP contribution in [0.2, 0.25) is 0 Å². The predicted octanol–water partition coefficient (Wildman–Crippen LogP) is 2.55. The minimum atomic E-state index is -3.80. The average Bonchev–Trinajstić information content (AvgIpc) is 2.44. The maximum absolute atomic E-state index is 11.5. The fourth-order valence-corrected chi connectivity index (χ4v) is 3.63. The normalized spacial score (nSPS) is 11.8. The fourth-order valence-electron chi connectivity index (χ4n) is 1.08. The predicted molar refractivity (Wildman–Crippen MR) is 62.6 cm³/mol. The van der Waals surface area contributed by atoms with Gasteiger partial charge in [-0.3, -0.25) is 0 Å². The van der Waals surface area contributed by atoms with Crippen molar-refractivity contribution in [3.05, 3.63) is 15.8 Å². The molecule has 0 aliphatic carbocycles. The van der Waals surface area contributed by atoms with Crippen molar-refractivity contribution in [2.75, 3.05) is 0 Å². The largest absolute Gasteiger partial charge is 0.459 e. The molecule has 1 rings (SSSR count). The summed E-state index contributed by atoms with van der Waals surface area (Å²) >= 11 is 1.05. The number of carbonyl (C=O) groups excluding carboxylic acids is 1. The minimum absolute atomic E-state index is 0.0325. The summed E-state index contributed by atoms with van der Waals surface area (Å²) < 4.78 is 27.2. The minimum Gasteiger partial charge on any atom is -0.459 e. The van der Waals surface area contributed by atoms with Gasteiger partial charge in [-0.25, -0.2) is 13.2 Å². The molecule has 90 valence electrons. The number of rotatable bonds is 3. The molecule has 0 saturated carbocycles. The molecule has 1 aromatic rings. The highest BCUT2D eigenvalue weighted by atomic mass is 35.7. The van der Waals surface area contributed by atoms with Gasteiger partial charge in [0.05, 0.1) is 11.0 Å². The molecule has 0 atom stereocenters. The van der Waals surface area contributed by atoms with E-state index >= 15 is 0 Å². The Labute approximate surface area is 103 Å². The fraction of sp³-hybridized carbons (Fsp3) is 0.444. The van der Waals surface area contributed by atoms with E-state index in [0.717, 1.165) is 11.3 Å². The summed E-state index contributed by atoms with van der Waals surface area (Å²) in [6.07, 6.45) is -0.244. The van der Waals surface area contributed by atoms with Gasteiger partial charge >= 0.3 is 5.97 Å². The van der Waals surface area contributed by atoms with Gasteiger partial charge in [0, 0.05) is 15.6 Å². The lowest BCUT2D eigenvalue weighted by Crippen LogP contribution is -2.10. The van der Waals surface area contributed by atoms with Crippen molar-refractivity contribution in [3.8, 4) is 0 Å². The summed E-state index contributed by atoms with van der Waals surface area (Å²) in [5.74, 6) is -0.533. The Balaban J connectivity index is 3.07. The number of carbonyl (C=O) groups is 1. The van der Waals surface area contributed by atoms with Crippen LogP contribution in [-0.4, -0.2) is 20.5 Å². The van der Waals surface area contributed by atoms with Crippen molar-refractivity contribution in [2.24, 2.45) is 0 Å². The third-order valence-corrected chi connectivity index (χ3v) is 4.29. The van der Waals surface area contributed by atoms with Crippen LogP contribution in [0.3, 0.4) is 0 Å². The number of halogens is 1.